The number of anilines is 1. The predicted octanol–water partition coefficient (Wildman–Crippen LogP) is 1.10. The number of primary amides is 1. The largest absolute Gasteiger partial charge is 0.366 e. The van der Waals surface area contributed by atoms with E-state index in [1.165, 1.54) is 0 Å². The van der Waals surface area contributed by atoms with Crippen molar-refractivity contribution in [2.75, 3.05) is 11.9 Å². The Kier molecular flexibility index (Phi) is 4.44. The molecule has 1 aromatic carbocycles. The molecule has 5 nitrogen and oxygen atoms in total. The lowest BCUT2D eigenvalue weighted by Crippen LogP contribution is -2.32. The summed E-state index contributed by atoms with van der Waals surface area (Å²) in [6, 6.07) is 6.45. The molecule has 0 fully saturated rings. The highest BCUT2D eigenvalue weighted by Gasteiger charge is 2.26. The topological polar surface area (TPSA) is 98.2 Å². The van der Waals surface area contributed by atoms with Gasteiger partial charge in [-0.3, -0.25) is 9.59 Å². The first-order valence-corrected chi connectivity index (χ1v) is 5.78. The van der Waals surface area contributed by atoms with Crippen LogP contribution in [-0.4, -0.2) is 18.4 Å². The van der Waals surface area contributed by atoms with E-state index in [1.54, 1.807) is 24.3 Å². The Bertz CT molecular complexity index is 438. The van der Waals surface area contributed by atoms with Gasteiger partial charge in [-0.25, -0.2) is 0 Å². The number of hydrogen-bond acceptors (Lipinski definition) is 3. The van der Waals surface area contributed by atoms with Crippen LogP contribution in [0.15, 0.2) is 24.3 Å². The second-order valence-corrected chi connectivity index (χ2v) is 4.82. The molecule has 0 aliphatic carbocycles. The first kappa shape index (κ1) is 14.2. The first-order valence-electron chi connectivity index (χ1n) is 5.78. The Morgan fingerprint density at radius 1 is 1.22 bits per heavy atom. The number of carbonyl (C=O) groups is 2. The van der Waals surface area contributed by atoms with Crippen LogP contribution in [0, 0.1) is 5.41 Å². The van der Waals surface area contributed by atoms with Crippen molar-refractivity contribution >= 4 is 17.5 Å². The van der Waals surface area contributed by atoms with Gasteiger partial charge in [-0.2, -0.15) is 0 Å². The molecule has 2 amide bonds. The quantitative estimate of drug-likeness (QED) is 0.728. The Hall–Kier alpha value is -1.88. The normalized spacial score (nSPS) is 11.1. The van der Waals surface area contributed by atoms with Crippen LogP contribution in [0.25, 0.3) is 0 Å². The number of nitrogens with two attached hydrogens (primary N) is 2. The molecule has 0 radical (unpaired) electrons. The van der Waals surface area contributed by atoms with Crippen molar-refractivity contribution in [2.45, 2.75) is 20.3 Å². The van der Waals surface area contributed by atoms with E-state index < -0.39 is 11.3 Å². The molecule has 0 aliphatic rings. The maximum Gasteiger partial charge on any atom is 0.248 e. The zero-order valence-electron chi connectivity index (χ0n) is 10.7. The van der Waals surface area contributed by atoms with E-state index in [-0.39, 0.29) is 5.91 Å². The van der Waals surface area contributed by atoms with Gasteiger partial charge in [0.1, 0.15) is 0 Å². The van der Waals surface area contributed by atoms with Gasteiger partial charge in [-0.1, -0.05) is 13.8 Å². The molecule has 0 aliphatic heterocycles. The molecule has 1 rings (SSSR count). The van der Waals surface area contributed by atoms with E-state index in [0.29, 0.717) is 24.2 Å². The summed E-state index contributed by atoms with van der Waals surface area (Å²) in [7, 11) is 0. The Labute approximate surface area is 107 Å². The molecule has 0 aromatic heterocycles. The average molecular weight is 249 g/mol. The molecule has 18 heavy (non-hydrogen) atoms. The van der Waals surface area contributed by atoms with Crippen molar-refractivity contribution in [2.24, 2.45) is 16.9 Å². The van der Waals surface area contributed by atoms with Crippen molar-refractivity contribution in [3.05, 3.63) is 29.8 Å². The van der Waals surface area contributed by atoms with Gasteiger partial charge >= 0.3 is 0 Å². The Balaban J connectivity index is 2.73. The van der Waals surface area contributed by atoms with Gasteiger partial charge < -0.3 is 16.8 Å². The number of nitrogens with one attached hydrogen (secondary N) is 1. The van der Waals surface area contributed by atoms with Gasteiger partial charge in [0.05, 0.1) is 0 Å². The lowest BCUT2D eigenvalue weighted by Gasteiger charge is -2.22. The Morgan fingerprint density at radius 2 is 1.78 bits per heavy atom. The number of carbonyl (C=O) groups excluding carboxylic acids is 2. The zero-order chi connectivity index (χ0) is 13.8. The molecule has 5 N–H and O–H groups in total. The summed E-state index contributed by atoms with van der Waals surface area (Å²) in [4.78, 5) is 22.9. The lowest BCUT2D eigenvalue weighted by molar-refractivity contribution is -0.124. The second-order valence-electron chi connectivity index (χ2n) is 4.82. The van der Waals surface area contributed by atoms with Crippen molar-refractivity contribution in [1.29, 1.82) is 0 Å². The van der Waals surface area contributed by atoms with Crippen LogP contribution in [0.2, 0.25) is 0 Å². The van der Waals surface area contributed by atoms with Gasteiger partial charge in [-0.15, -0.1) is 0 Å². The van der Waals surface area contributed by atoms with Crippen LogP contribution in [-0.2, 0) is 4.79 Å². The lowest BCUT2D eigenvalue weighted by atomic mass is 9.88. The molecule has 0 atom stereocenters. The van der Waals surface area contributed by atoms with Crippen LogP contribution in [0.4, 0.5) is 5.69 Å². The summed E-state index contributed by atoms with van der Waals surface area (Å²) in [5.74, 6) is -0.587. The summed E-state index contributed by atoms with van der Waals surface area (Å²) in [5.41, 5.74) is 11.1. The third-order valence-electron chi connectivity index (χ3n) is 2.81. The number of amides is 2. The van der Waals surface area contributed by atoms with Gasteiger partial charge in [0.2, 0.25) is 11.8 Å². The molecule has 0 saturated heterocycles. The van der Waals surface area contributed by atoms with Crippen molar-refractivity contribution in [1.82, 2.24) is 0 Å². The standard InChI is InChI=1S/C13H19N3O2/c1-13(2,7-8-14)12(18)16-10-5-3-9(4-6-10)11(15)17/h3-6H,7-8,14H2,1-2H3,(H2,15,17)(H,16,18). The van der Waals surface area contributed by atoms with Crippen LogP contribution in [0.3, 0.4) is 0 Å². The van der Waals surface area contributed by atoms with Gasteiger partial charge in [0, 0.05) is 16.7 Å². The molecule has 98 valence electrons. The maximum atomic E-state index is 12.0. The predicted molar refractivity (Wildman–Crippen MR) is 71.0 cm³/mol. The van der Waals surface area contributed by atoms with Crippen LogP contribution in [0.1, 0.15) is 30.6 Å². The van der Waals surface area contributed by atoms with E-state index in [9.17, 15) is 9.59 Å². The molecule has 1 aromatic rings. The maximum absolute atomic E-state index is 12.0. The number of benzene rings is 1. The summed E-state index contributed by atoms with van der Waals surface area (Å²) in [6.07, 6.45) is 0.609. The fourth-order valence-electron chi connectivity index (χ4n) is 1.49. The van der Waals surface area contributed by atoms with Gasteiger partial charge in [0.15, 0.2) is 0 Å². The van der Waals surface area contributed by atoms with Crippen molar-refractivity contribution in [3.63, 3.8) is 0 Å². The summed E-state index contributed by atoms with van der Waals surface area (Å²) < 4.78 is 0. The molecule has 0 saturated carbocycles. The molecule has 0 unspecified atom stereocenters. The van der Waals surface area contributed by atoms with Crippen LogP contribution < -0.4 is 16.8 Å². The summed E-state index contributed by atoms with van der Waals surface area (Å²) in [5, 5.41) is 2.79. The molecular formula is C13H19N3O2. The monoisotopic (exact) mass is 249 g/mol. The molecule has 5 heteroatoms. The van der Waals surface area contributed by atoms with E-state index in [2.05, 4.69) is 5.32 Å². The SMILES string of the molecule is CC(C)(CCN)C(=O)Nc1ccc(C(N)=O)cc1. The van der Waals surface area contributed by atoms with E-state index in [4.69, 9.17) is 11.5 Å². The molecule has 0 bridgehead atoms. The minimum absolute atomic E-state index is 0.0974. The minimum Gasteiger partial charge on any atom is -0.366 e. The second kappa shape index (κ2) is 5.64. The van der Waals surface area contributed by atoms with E-state index in [0.717, 1.165) is 0 Å². The fourth-order valence-corrected chi connectivity index (χ4v) is 1.49. The molecule has 0 spiro atoms. The van der Waals surface area contributed by atoms with E-state index in [1.807, 2.05) is 13.8 Å². The average Bonchev–Trinajstić information content (AvgIpc) is 2.29. The molecular weight excluding hydrogens is 230 g/mol. The van der Waals surface area contributed by atoms with Crippen molar-refractivity contribution < 1.29 is 9.59 Å². The van der Waals surface area contributed by atoms with Crippen molar-refractivity contribution in [3.8, 4) is 0 Å². The highest BCUT2D eigenvalue weighted by Crippen LogP contribution is 2.22. The smallest absolute Gasteiger partial charge is 0.248 e. The zero-order valence-corrected chi connectivity index (χ0v) is 10.7. The van der Waals surface area contributed by atoms with E-state index >= 15 is 0 Å². The number of hydrogen-bond donors (Lipinski definition) is 3. The third-order valence-corrected chi connectivity index (χ3v) is 2.81. The minimum atomic E-state index is -0.517. The first-order chi connectivity index (χ1) is 8.36. The molecule has 0 heterocycles. The van der Waals surface area contributed by atoms with Gasteiger partial charge in [-0.05, 0) is 37.2 Å². The van der Waals surface area contributed by atoms with Gasteiger partial charge in [0.25, 0.3) is 0 Å². The number of rotatable bonds is 5. The highest BCUT2D eigenvalue weighted by molar-refractivity contribution is 5.96. The summed E-state index contributed by atoms with van der Waals surface area (Å²) in [6.45, 7) is 4.14. The Morgan fingerprint density at radius 3 is 2.22 bits per heavy atom. The van der Waals surface area contributed by atoms with Crippen LogP contribution >= 0.6 is 0 Å². The fraction of sp³-hybridized carbons (Fsp3) is 0.385. The van der Waals surface area contributed by atoms with Crippen LogP contribution in [0.5, 0.6) is 0 Å². The highest BCUT2D eigenvalue weighted by atomic mass is 16.2. The third kappa shape index (κ3) is 3.56. The summed E-state index contributed by atoms with van der Waals surface area (Å²) >= 11 is 0.